The highest BCUT2D eigenvalue weighted by atomic mass is 32.2. The van der Waals surface area contributed by atoms with E-state index in [0.717, 1.165) is 0 Å². The standard InChI is InChI=1S/C26H34S2/c1-3-5-7-13-19-27-25-21-15-9-11-17-23(21)26(28-20-14-8-6-4-2)24-18-12-10-16-22(24)25/h9-12,15-18H,3-8,13-14,19-20H2,1-2H3. The molecule has 150 valence electrons. The molecule has 0 aromatic heterocycles. The lowest BCUT2D eigenvalue weighted by atomic mass is 10.0. The van der Waals surface area contributed by atoms with Crippen LogP contribution >= 0.6 is 23.5 Å². The Kier molecular flexibility index (Phi) is 9.08. The molecule has 0 unspecified atom stereocenters. The van der Waals surface area contributed by atoms with Crippen LogP contribution < -0.4 is 0 Å². The first-order chi connectivity index (χ1) is 13.9. The number of fused-ring (bicyclic) bond motifs is 2. The molecule has 0 aliphatic heterocycles. The molecule has 0 aliphatic rings. The summed E-state index contributed by atoms with van der Waals surface area (Å²) in [6.45, 7) is 4.57. The van der Waals surface area contributed by atoms with E-state index in [2.05, 4.69) is 85.9 Å². The largest absolute Gasteiger partial charge is 0.125 e. The van der Waals surface area contributed by atoms with E-state index in [-0.39, 0.29) is 0 Å². The van der Waals surface area contributed by atoms with Gasteiger partial charge in [0.05, 0.1) is 0 Å². The Morgan fingerprint density at radius 1 is 0.500 bits per heavy atom. The molecule has 0 aliphatic carbocycles. The van der Waals surface area contributed by atoms with E-state index in [0.29, 0.717) is 0 Å². The van der Waals surface area contributed by atoms with Gasteiger partial charge in [0.2, 0.25) is 0 Å². The Morgan fingerprint density at radius 2 is 0.857 bits per heavy atom. The van der Waals surface area contributed by atoms with Crippen LogP contribution in [0.25, 0.3) is 21.5 Å². The molecule has 0 saturated heterocycles. The Morgan fingerprint density at radius 3 is 1.18 bits per heavy atom. The Hall–Kier alpha value is -1.12. The molecule has 0 fully saturated rings. The van der Waals surface area contributed by atoms with Crippen LogP contribution in [-0.4, -0.2) is 11.5 Å². The molecule has 3 rings (SSSR count). The van der Waals surface area contributed by atoms with Crippen molar-refractivity contribution in [3.8, 4) is 0 Å². The van der Waals surface area contributed by atoms with E-state index in [1.807, 2.05) is 0 Å². The molecule has 3 aromatic rings. The number of unbranched alkanes of at least 4 members (excludes halogenated alkanes) is 6. The lowest BCUT2D eigenvalue weighted by molar-refractivity contribution is 0.706. The third-order valence-electron chi connectivity index (χ3n) is 5.32. The van der Waals surface area contributed by atoms with Crippen molar-refractivity contribution in [2.75, 3.05) is 11.5 Å². The maximum atomic E-state index is 2.33. The number of hydrogen-bond acceptors (Lipinski definition) is 2. The normalized spacial score (nSPS) is 11.5. The highest BCUT2D eigenvalue weighted by Crippen LogP contribution is 2.43. The summed E-state index contributed by atoms with van der Waals surface area (Å²) in [4.78, 5) is 2.97. The van der Waals surface area contributed by atoms with Crippen LogP contribution in [0.2, 0.25) is 0 Å². The minimum absolute atomic E-state index is 1.22. The molecule has 2 heteroatoms. The van der Waals surface area contributed by atoms with Crippen LogP contribution in [0.1, 0.15) is 65.2 Å². The summed E-state index contributed by atoms with van der Waals surface area (Å²) in [6.07, 6.45) is 10.7. The molecule has 0 radical (unpaired) electrons. The van der Waals surface area contributed by atoms with E-state index in [1.54, 1.807) is 0 Å². The lowest BCUT2D eigenvalue weighted by Gasteiger charge is -2.16. The number of hydrogen-bond donors (Lipinski definition) is 0. The Balaban J connectivity index is 1.91. The van der Waals surface area contributed by atoms with Gasteiger partial charge in [0.25, 0.3) is 0 Å². The van der Waals surface area contributed by atoms with Gasteiger partial charge in [-0.05, 0) is 45.9 Å². The zero-order valence-electron chi connectivity index (χ0n) is 17.5. The number of rotatable bonds is 12. The molecule has 0 saturated carbocycles. The van der Waals surface area contributed by atoms with Crippen molar-refractivity contribution in [2.24, 2.45) is 0 Å². The molecule has 0 spiro atoms. The third kappa shape index (κ3) is 5.48. The van der Waals surface area contributed by atoms with Gasteiger partial charge in [0.1, 0.15) is 0 Å². The average molecular weight is 411 g/mol. The summed E-state index contributed by atoms with van der Waals surface area (Å²) in [5, 5.41) is 5.77. The molecule has 0 bridgehead atoms. The summed E-state index contributed by atoms with van der Waals surface area (Å²) in [5.74, 6) is 2.44. The van der Waals surface area contributed by atoms with E-state index in [1.165, 1.54) is 94.2 Å². The van der Waals surface area contributed by atoms with Crippen molar-refractivity contribution >= 4 is 45.1 Å². The van der Waals surface area contributed by atoms with Crippen molar-refractivity contribution in [1.29, 1.82) is 0 Å². The van der Waals surface area contributed by atoms with E-state index in [4.69, 9.17) is 0 Å². The van der Waals surface area contributed by atoms with E-state index in [9.17, 15) is 0 Å². The second-order valence-corrected chi connectivity index (χ2v) is 9.78. The molecule has 28 heavy (non-hydrogen) atoms. The SMILES string of the molecule is CCCCCCSc1c2ccccc2c(SCCCCCC)c2ccccc12. The Labute approximate surface area is 179 Å². The second kappa shape index (κ2) is 11.8. The molecule has 0 amide bonds. The maximum absolute atomic E-state index is 2.33. The quantitative estimate of drug-likeness (QED) is 0.166. The maximum Gasteiger partial charge on any atom is 0.0230 e. The molecule has 0 N–H and O–H groups in total. The smallest absolute Gasteiger partial charge is 0.0230 e. The van der Waals surface area contributed by atoms with Crippen molar-refractivity contribution in [2.45, 2.75) is 75.0 Å². The van der Waals surface area contributed by atoms with Gasteiger partial charge in [-0.25, -0.2) is 0 Å². The van der Waals surface area contributed by atoms with Crippen LogP contribution in [0.5, 0.6) is 0 Å². The Bertz CT molecular complexity index is 740. The summed E-state index contributed by atoms with van der Waals surface area (Å²) < 4.78 is 0. The van der Waals surface area contributed by atoms with Crippen molar-refractivity contribution in [3.63, 3.8) is 0 Å². The monoisotopic (exact) mass is 410 g/mol. The highest BCUT2D eigenvalue weighted by Gasteiger charge is 2.14. The zero-order chi connectivity index (χ0) is 19.6. The van der Waals surface area contributed by atoms with Crippen LogP contribution in [0.4, 0.5) is 0 Å². The van der Waals surface area contributed by atoms with Crippen molar-refractivity contribution in [1.82, 2.24) is 0 Å². The number of benzene rings is 3. The van der Waals surface area contributed by atoms with Gasteiger partial charge < -0.3 is 0 Å². The molecular formula is C26H34S2. The van der Waals surface area contributed by atoms with Gasteiger partial charge in [-0.15, -0.1) is 23.5 Å². The topological polar surface area (TPSA) is 0 Å². The van der Waals surface area contributed by atoms with Gasteiger partial charge in [-0.1, -0.05) is 101 Å². The minimum atomic E-state index is 1.22. The van der Waals surface area contributed by atoms with Gasteiger partial charge in [-0.2, -0.15) is 0 Å². The number of thioether (sulfide) groups is 2. The fourth-order valence-corrected chi connectivity index (χ4v) is 6.20. The fraction of sp³-hybridized carbons (Fsp3) is 0.462. The molecular weight excluding hydrogens is 376 g/mol. The van der Waals surface area contributed by atoms with Gasteiger partial charge in [0.15, 0.2) is 0 Å². The summed E-state index contributed by atoms with van der Waals surface area (Å²) in [6, 6.07) is 18.1. The van der Waals surface area contributed by atoms with Crippen molar-refractivity contribution in [3.05, 3.63) is 48.5 Å². The summed E-state index contributed by atoms with van der Waals surface area (Å²) in [5.41, 5.74) is 0. The highest BCUT2D eigenvalue weighted by molar-refractivity contribution is 8.00. The first-order valence-electron chi connectivity index (χ1n) is 11.1. The summed E-state index contributed by atoms with van der Waals surface area (Å²) >= 11 is 4.13. The fourth-order valence-electron chi connectivity index (χ4n) is 3.77. The average Bonchev–Trinajstić information content (AvgIpc) is 2.74. The van der Waals surface area contributed by atoms with Crippen LogP contribution in [0.3, 0.4) is 0 Å². The van der Waals surface area contributed by atoms with Crippen LogP contribution in [0, 0.1) is 0 Å². The first kappa shape index (κ1) is 21.6. The molecule has 0 nitrogen and oxygen atoms in total. The first-order valence-corrected chi connectivity index (χ1v) is 13.0. The molecule has 0 atom stereocenters. The van der Waals surface area contributed by atoms with E-state index >= 15 is 0 Å². The lowest BCUT2D eigenvalue weighted by Crippen LogP contribution is -1.90. The zero-order valence-corrected chi connectivity index (χ0v) is 19.1. The summed E-state index contributed by atoms with van der Waals surface area (Å²) in [7, 11) is 0. The van der Waals surface area contributed by atoms with Crippen LogP contribution in [-0.2, 0) is 0 Å². The predicted molar refractivity (Wildman–Crippen MR) is 131 cm³/mol. The van der Waals surface area contributed by atoms with Gasteiger partial charge in [-0.3, -0.25) is 0 Å². The van der Waals surface area contributed by atoms with Crippen molar-refractivity contribution < 1.29 is 0 Å². The van der Waals surface area contributed by atoms with E-state index < -0.39 is 0 Å². The second-order valence-electron chi connectivity index (χ2n) is 7.57. The third-order valence-corrected chi connectivity index (χ3v) is 7.76. The predicted octanol–water partition coefficient (Wildman–Crippen LogP) is 9.34. The van der Waals surface area contributed by atoms with Gasteiger partial charge >= 0.3 is 0 Å². The molecule has 0 heterocycles. The molecule has 3 aromatic carbocycles. The minimum Gasteiger partial charge on any atom is -0.125 e. The van der Waals surface area contributed by atoms with Crippen LogP contribution in [0.15, 0.2) is 58.3 Å². The van der Waals surface area contributed by atoms with Gasteiger partial charge in [0, 0.05) is 9.79 Å².